The van der Waals surface area contributed by atoms with Crippen LogP contribution in [0.4, 0.5) is 0 Å². The summed E-state index contributed by atoms with van der Waals surface area (Å²) in [5.74, 6) is -2.00. The van der Waals surface area contributed by atoms with Crippen molar-refractivity contribution in [3.63, 3.8) is 0 Å². The maximum absolute atomic E-state index is 11.4. The molecule has 0 aliphatic rings. The van der Waals surface area contributed by atoms with Crippen LogP contribution in [0.3, 0.4) is 0 Å². The molecule has 0 spiro atoms. The Kier molecular flexibility index (Phi) is 17.4. The number of esters is 4. The number of benzene rings is 2. The molecule has 12 heteroatoms. The van der Waals surface area contributed by atoms with Crippen LogP contribution in [-0.4, -0.2) is 98.2 Å². The smallest absolute Gasteiger partial charge is 0.338 e. The maximum atomic E-state index is 11.4. The molecule has 0 amide bonds. The van der Waals surface area contributed by atoms with Crippen molar-refractivity contribution in [2.75, 3.05) is 53.9 Å². The third-order valence-electron chi connectivity index (χ3n) is 3.83. The molecule has 0 heterocycles. The van der Waals surface area contributed by atoms with E-state index in [1.54, 1.807) is 0 Å². The second-order valence-corrected chi connectivity index (χ2v) is 6.30. The zero-order chi connectivity index (χ0) is 27.3. The molecule has 198 valence electrons. The topological polar surface area (TPSA) is 186 Å². The summed E-state index contributed by atoms with van der Waals surface area (Å²) >= 11 is 0. The first-order chi connectivity index (χ1) is 17.3. The van der Waals surface area contributed by atoms with E-state index in [-0.39, 0.29) is 50.8 Å². The first-order valence-corrected chi connectivity index (χ1v) is 10.4. The summed E-state index contributed by atoms with van der Waals surface area (Å²) in [4.78, 5) is 44.8. The second-order valence-electron chi connectivity index (χ2n) is 6.30. The standard InChI is InChI=1S/C12H14O6.C10H10O4.C2H6O2/c13-5-7-17-11(15)9-1-2-10(4-3-9)12(16)18-8-6-14;1-13-9(11)7-3-5-8(6-4-7)10(12)14-2;3-1-2-4/h1-4,13-14H,5-8H2;3-6H,1-2H3;3-4H,1-2H2. The molecule has 2 aromatic rings. The third kappa shape index (κ3) is 12.6. The highest BCUT2D eigenvalue weighted by atomic mass is 16.5. The maximum Gasteiger partial charge on any atom is 0.338 e. The minimum atomic E-state index is -0.570. The van der Waals surface area contributed by atoms with Gasteiger partial charge in [0, 0.05) is 0 Å². The Balaban J connectivity index is 0.000000606. The molecule has 0 fully saturated rings. The summed E-state index contributed by atoms with van der Waals surface area (Å²) in [6.07, 6.45) is 0. The van der Waals surface area contributed by atoms with Gasteiger partial charge in [-0.25, -0.2) is 19.2 Å². The van der Waals surface area contributed by atoms with Crippen molar-refractivity contribution in [2.45, 2.75) is 0 Å². The Morgan fingerprint density at radius 3 is 0.944 bits per heavy atom. The van der Waals surface area contributed by atoms with Crippen molar-refractivity contribution in [2.24, 2.45) is 0 Å². The predicted molar refractivity (Wildman–Crippen MR) is 124 cm³/mol. The van der Waals surface area contributed by atoms with Gasteiger partial charge in [0.2, 0.25) is 0 Å². The van der Waals surface area contributed by atoms with Gasteiger partial charge in [0.05, 0.1) is 62.9 Å². The first kappa shape index (κ1) is 32.2. The summed E-state index contributed by atoms with van der Waals surface area (Å²) in [6.45, 7) is -0.868. The third-order valence-corrected chi connectivity index (χ3v) is 3.83. The highest BCUT2D eigenvalue weighted by Gasteiger charge is 2.10. The van der Waals surface area contributed by atoms with Crippen LogP contribution in [0.25, 0.3) is 0 Å². The number of ether oxygens (including phenoxy) is 4. The van der Waals surface area contributed by atoms with Gasteiger partial charge >= 0.3 is 23.9 Å². The lowest BCUT2D eigenvalue weighted by Crippen LogP contribution is -2.11. The average Bonchev–Trinajstić information content (AvgIpc) is 2.94. The molecular formula is C24H30O12. The predicted octanol–water partition coefficient (Wildman–Crippen LogP) is 0.216. The van der Waals surface area contributed by atoms with Gasteiger partial charge in [-0.1, -0.05) is 0 Å². The molecule has 4 N–H and O–H groups in total. The minimum absolute atomic E-state index is 0.0703. The molecule has 2 rings (SSSR count). The number of carbonyl (C=O) groups is 4. The van der Waals surface area contributed by atoms with Crippen LogP contribution >= 0.6 is 0 Å². The van der Waals surface area contributed by atoms with E-state index < -0.39 is 23.9 Å². The molecule has 0 saturated carbocycles. The normalized spacial score (nSPS) is 9.39. The van der Waals surface area contributed by atoms with E-state index in [4.69, 9.17) is 29.9 Å². The van der Waals surface area contributed by atoms with Gasteiger partial charge in [0.25, 0.3) is 0 Å². The zero-order valence-corrected chi connectivity index (χ0v) is 19.9. The number of hydrogen-bond acceptors (Lipinski definition) is 12. The van der Waals surface area contributed by atoms with Crippen LogP contribution in [0.2, 0.25) is 0 Å². The number of hydrogen-bond donors (Lipinski definition) is 4. The fourth-order valence-electron chi connectivity index (χ4n) is 2.16. The zero-order valence-electron chi connectivity index (χ0n) is 19.9. The summed E-state index contributed by atoms with van der Waals surface area (Å²) in [5.41, 5.74) is 1.37. The highest BCUT2D eigenvalue weighted by molar-refractivity contribution is 5.94. The Labute approximate surface area is 207 Å². The number of carbonyl (C=O) groups excluding carboxylic acids is 4. The van der Waals surface area contributed by atoms with Crippen molar-refractivity contribution < 1.29 is 58.6 Å². The van der Waals surface area contributed by atoms with E-state index in [9.17, 15) is 19.2 Å². The molecule has 36 heavy (non-hydrogen) atoms. The van der Waals surface area contributed by atoms with Gasteiger partial charge in [-0.2, -0.15) is 0 Å². The molecule has 0 aliphatic carbocycles. The Hall–Kier alpha value is -3.84. The average molecular weight is 510 g/mol. The summed E-state index contributed by atoms with van der Waals surface area (Å²) < 4.78 is 18.4. The molecule has 0 saturated heterocycles. The monoisotopic (exact) mass is 510 g/mol. The van der Waals surface area contributed by atoms with Crippen molar-refractivity contribution in [3.05, 3.63) is 70.8 Å². The van der Waals surface area contributed by atoms with Crippen molar-refractivity contribution in [3.8, 4) is 0 Å². The molecule has 0 bridgehead atoms. The Morgan fingerprint density at radius 2 is 0.750 bits per heavy atom. The molecule has 0 aromatic heterocycles. The van der Waals surface area contributed by atoms with Crippen LogP contribution in [0, 0.1) is 0 Å². The first-order valence-electron chi connectivity index (χ1n) is 10.4. The van der Waals surface area contributed by atoms with Gasteiger partial charge in [0.15, 0.2) is 0 Å². The SMILES string of the molecule is COC(=O)c1ccc(C(=O)OC)cc1.O=C(OCCO)c1ccc(C(=O)OCCO)cc1.OCCO. The van der Waals surface area contributed by atoms with Gasteiger partial charge in [-0.3, -0.25) is 0 Å². The molecule has 0 radical (unpaired) electrons. The molecular weight excluding hydrogens is 480 g/mol. The van der Waals surface area contributed by atoms with E-state index in [0.29, 0.717) is 11.1 Å². The Bertz CT molecular complexity index is 847. The quantitative estimate of drug-likeness (QED) is 0.266. The molecule has 0 unspecified atom stereocenters. The van der Waals surface area contributed by atoms with Gasteiger partial charge in [0.1, 0.15) is 13.2 Å². The molecule has 2 aromatic carbocycles. The second kappa shape index (κ2) is 19.5. The highest BCUT2D eigenvalue weighted by Crippen LogP contribution is 2.08. The number of aliphatic hydroxyl groups excluding tert-OH is 4. The minimum Gasteiger partial charge on any atom is -0.465 e. The van der Waals surface area contributed by atoms with E-state index >= 15 is 0 Å². The van der Waals surface area contributed by atoms with E-state index in [1.807, 2.05) is 0 Å². The number of methoxy groups -OCH3 is 2. The van der Waals surface area contributed by atoms with E-state index in [1.165, 1.54) is 62.8 Å². The summed E-state index contributed by atoms with van der Waals surface area (Å²) in [5, 5.41) is 32.3. The fraction of sp³-hybridized carbons (Fsp3) is 0.333. The molecule has 0 aliphatic heterocycles. The largest absolute Gasteiger partial charge is 0.465 e. The lowest BCUT2D eigenvalue weighted by atomic mass is 10.1. The van der Waals surface area contributed by atoms with Gasteiger partial charge in [-0.05, 0) is 48.5 Å². The van der Waals surface area contributed by atoms with Crippen molar-refractivity contribution in [1.82, 2.24) is 0 Å². The van der Waals surface area contributed by atoms with Crippen LogP contribution in [0.5, 0.6) is 0 Å². The van der Waals surface area contributed by atoms with Crippen molar-refractivity contribution in [1.29, 1.82) is 0 Å². The Morgan fingerprint density at radius 1 is 0.500 bits per heavy atom. The van der Waals surface area contributed by atoms with E-state index in [2.05, 4.69) is 9.47 Å². The summed E-state index contributed by atoms with van der Waals surface area (Å²) in [7, 11) is 2.60. The van der Waals surface area contributed by atoms with Crippen LogP contribution in [-0.2, 0) is 18.9 Å². The van der Waals surface area contributed by atoms with Crippen LogP contribution in [0.15, 0.2) is 48.5 Å². The van der Waals surface area contributed by atoms with Gasteiger partial charge < -0.3 is 39.4 Å². The number of aliphatic hydroxyl groups is 4. The van der Waals surface area contributed by atoms with Gasteiger partial charge in [-0.15, -0.1) is 0 Å². The van der Waals surface area contributed by atoms with Crippen LogP contribution < -0.4 is 0 Å². The number of rotatable bonds is 9. The lowest BCUT2D eigenvalue weighted by molar-refractivity contribution is 0.0422. The van der Waals surface area contributed by atoms with Crippen molar-refractivity contribution >= 4 is 23.9 Å². The molecule has 0 atom stereocenters. The fourth-order valence-corrected chi connectivity index (χ4v) is 2.16. The molecule has 12 nitrogen and oxygen atoms in total. The van der Waals surface area contributed by atoms with E-state index in [0.717, 1.165) is 0 Å². The summed E-state index contributed by atoms with van der Waals surface area (Å²) in [6, 6.07) is 11.8. The lowest BCUT2D eigenvalue weighted by Gasteiger charge is -2.05. The van der Waals surface area contributed by atoms with Crippen LogP contribution in [0.1, 0.15) is 41.4 Å².